The van der Waals surface area contributed by atoms with Crippen LogP contribution in [0.4, 0.5) is 0 Å². The van der Waals surface area contributed by atoms with Crippen molar-refractivity contribution in [3.05, 3.63) is 0 Å². The van der Waals surface area contributed by atoms with E-state index in [4.69, 9.17) is 5.11 Å². The fourth-order valence-electron chi connectivity index (χ4n) is 2.58. The Bertz CT molecular complexity index is 276. The second-order valence-electron chi connectivity index (χ2n) is 5.94. The summed E-state index contributed by atoms with van der Waals surface area (Å²) in [6, 6.07) is 0. The molecular weight excluding hydrogens is 268 g/mol. The van der Waals surface area contributed by atoms with Crippen LogP contribution < -0.4 is 0 Å². The van der Waals surface area contributed by atoms with Crippen LogP contribution in [0.25, 0.3) is 0 Å². The number of aliphatic carboxylic acids is 2. The average molecular weight is 300 g/mol. The fraction of sp³-hybridized carbons (Fsp3) is 0.882. The van der Waals surface area contributed by atoms with E-state index in [1.807, 2.05) is 0 Å². The van der Waals surface area contributed by atoms with E-state index in [-0.39, 0.29) is 12.3 Å². The van der Waals surface area contributed by atoms with Gasteiger partial charge in [-0.2, -0.15) is 0 Å². The zero-order valence-corrected chi connectivity index (χ0v) is 13.5. The molecule has 0 heterocycles. The predicted octanol–water partition coefficient (Wildman–Crippen LogP) is 4.86. The molecule has 124 valence electrons. The zero-order valence-electron chi connectivity index (χ0n) is 13.5. The van der Waals surface area contributed by atoms with E-state index in [0.717, 1.165) is 57.8 Å². The normalized spacial score (nSPS) is 12.2. The molecule has 0 saturated carbocycles. The maximum absolute atomic E-state index is 11.2. The maximum atomic E-state index is 11.2. The van der Waals surface area contributed by atoms with E-state index >= 15 is 0 Å². The van der Waals surface area contributed by atoms with E-state index in [2.05, 4.69) is 6.92 Å². The smallest absolute Gasteiger partial charge is 0.306 e. The summed E-state index contributed by atoms with van der Waals surface area (Å²) in [5.74, 6) is -1.58. The summed E-state index contributed by atoms with van der Waals surface area (Å²) in [6.45, 7) is 2.18. The van der Waals surface area contributed by atoms with Gasteiger partial charge in [0.1, 0.15) is 0 Å². The summed E-state index contributed by atoms with van der Waals surface area (Å²) in [6.07, 6.45) is 12.3. The van der Waals surface area contributed by atoms with Crippen LogP contribution in [0.15, 0.2) is 0 Å². The molecule has 0 aliphatic heterocycles. The Morgan fingerprint density at radius 1 is 0.762 bits per heavy atom. The lowest BCUT2D eigenvalue weighted by Gasteiger charge is -2.12. The van der Waals surface area contributed by atoms with E-state index in [1.165, 1.54) is 19.3 Å². The summed E-state index contributed by atoms with van der Waals surface area (Å²) in [7, 11) is 0. The minimum Gasteiger partial charge on any atom is -0.481 e. The van der Waals surface area contributed by atoms with Gasteiger partial charge in [-0.15, -0.1) is 0 Å². The van der Waals surface area contributed by atoms with Crippen LogP contribution in [-0.2, 0) is 9.59 Å². The molecule has 0 amide bonds. The first kappa shape index (κ1) is 19.9. The van der Waals surface area contributed by atoms with Crippen molar-refractivity contribution in [2.75, 3.05) is 0 Å². The fourth-order valence-corrected chi connectivity index (χ4v) is 2.58. The molecule has 1 unspecified atom stereocenters. The Hall–Kier alpha value is -1.06. The van der Waals surface area contributed by atoms with Crippen molar-refractivity contribution in [3.63, 3.8) is 0 Å². The molecule has 0 saturated heterocycles. The van der Waals surface area contributed by atoms with Crippen molar-refractivity contribution >= 4 is 11.9 Å². The average Bonchev–Trinajstić information content (AvgIpc) is 2.43. The number of unbranched alkanes of at least 4 members (excludes halogenated alkanes) is 8. The molecule has 0 fully saturated rings. The van der Waals surface area contributed by atoms with Crippen LogP contribution in [0.2, 0.25) is 0 Å². The number of hydrogen-bond donors (Lipinski definition) is 2. The third-order valence-electron chi connectivity index (χ3n) is 3.95. The molecule has 4 nitrogen and oxygen atoms in total. The molecule has 0 spiro atoms. The Labute approximate surface area is 128 Å². The largest absolute Gasteiger partial charge is 0.481 e. The van der Waals surface area contributed by atoms with E-state index in [0.29, 0.717) is 0 Å². The van der Waals surface area contributed by atoms with E-state index in [9.17, 15) is 14.7 Å². The van der Waals surface area contributed by atoms with Gasteiger partial charge in [-0.1, -0.05) is 64.7 Å². The van der Waals surface area contributed by atoms with Crippen LogP contribution in [0.3, 0.4) is 0 Å². The molecule has 0 aliphatic rings. The molecule has 2 N–H and O–H groups in total. The molecule has 0 aromatic carbocycles. The third-order valence-corrected chi connectivity index (χ3v) is 3.95. The van der Waals surface area contributed by atoms with Crippen molar-refractivity contribution in [3.8, 4) is 0 Å². The van der Waals surface area contributed by atoms with Crippen molar-refractivity contribution < 1.29 is 19.8 Å². The zero-order chi connectivity index (χ0) is 15.9. The number of carboxylic acid groups (broad SMARTS) is 2. The van der Waals surface area contributed by atoms with Crippen LogP contribution in [0.1, 0.15) is 90.4 Å². The van der Waals surface area contributed by atoms with Crippen molar-refractivity contribution in [2.24, 2.45) is 5.92 Å². The first-order valence-corrected chi connectivity index (χ1v) is 8.52. The number of carbonyl (C=O) groups is 2. The maximum Gasteiger partial charge on any atom is 0.306 e. The molecule has 0 aliphatic carbocycles. The first-order valence-electron chi connectivity index (χ1n) is 8.52. The van der Waals surface area contributed by atoms with Gasteiger partial charge in [-0.25, -0.2) is 0 Å². The first-order chi connectivity index (χ1) is 10.1. The molecule has 0 bridgehead atoms. The standard InChI is InChI=1S/C17H32O4/c1-2-3-4-6-9-12-15(17(20)21)13-10-7-5-8-11-14-16(18)19/h15H,2-14H2,1H3,(H,18,19)(H,20,21). The molecule has 4 heteroatoms. The highest BCUT2D eigenvalue weighted by molar-refractivity contribution is 5.69. The summed E-state index contributed by atoms with van der Waals surface area (Å²) in [4.78, 5) is 21.5. The van der Waals surface area contributed by atoms with Crippen molar-refractivity contribution in [2.45, 2.75) is 90.4 Å². The molecular formula is C17H32O4. The minimum atomic E-state index is -0.732. The molecule has 0 radical (unpaired) electrons. The Balaban J connectivity index is 3.56. The predicted molar refractivity (Wildman–Crippen MR) is 84.5 cm³/mol. The van der Waals surface area contributed by atoms with Crippen molar-refractivity contribution in [1.29, 1.82) is 0 Å². The van der Waals surface area contributed by atoms with Gasteiger partial charge in [0.2, 0.25) is 0 Å². The molecule has 1 atom stereocenters. The minimum absolute atomic E-state index is 0.189. The SMILES string of the molecule is CCCCCCCC(CCCCCCCC(=O)O)C(=O)O. The van der Waals surface area contributed by atoms with Crippen LogP contribution in [0.5, 0.6) is 0 Å². The lowest BCUT2D eigenvalue weighted by Crippen LogP contribution is -2.13. The van der Waals surface area contributed by atoms with Gasteiger partial charge < -0.3 is 10.2 Å². The summed E-state index contributed by atoms with van der Waals surface area (Å²) in [5, 5.41) is 17.7. The highest BCUT2D eigenvalue weighted by atomic mass is 16.4. The molecule has 0 aromatic rings. The number of hydrogen-bond acceptors (Lipinski definition) is 2. The Kier molecular flexibility index (Phi) is 13.2. The second kappa shape index (κ2) is 13.9. The van der Waals surface area contributed by atoms with Crippen LogP contribution in [-0.4, -0.2) is 22.2 Å². The molecule has 21 heavy (non-hydrogen) atoms. The van der Waals surface area contributed by atoms with E-state index in [1.54, 1.807) is 0 Å². The van der Waals surface area contributed by atoms with Gasteiger partial charge >= 0.3 is 11.9 Å². The Morgan fingerprint density at radius 3 is 1.71 bits per heavy atom. The quantitative estimate of drug-likeness (QED) is 0.423. The summed E-state index contributed by atoms with van der Waals surface area (Å²) >= 11 is 0. The number of carboxylic acids is 2. The molecule has 0 aromatic heterocycles. The van der Waals surface area contributed by atoms with Gasteiger partial charge in [0.05, 0.1) is 5.92 Å². The van der Waals surface area contributed by atoms with Gasteiger partial charge in [-0.3, -0.25) is 9.59 Å². The van der Waals surface area contributed by atoms with E-state index < -0.39 is 11.9 Å². The highest BCUT2D eigenvalue weighted by Crippen LogP contribution is 2.19. The lowest BCUT2D eigenvalue weighted by atomic mass is 9.94. The molecule has 0 rings (SSSR count). The summed E-state index contributed by atoms with van der Waals surface area (Å²) in [5.41, 5.74) is 0. The van der Waals surface area contributed by atoms with Crippen LogP contribution in [0, 0.1) is 5.92 Å². The monoisotopic (exact) mass is 300 g/mol. The van der Waals surface area contributed by atoms with Gasteiger partial charge in [-0.05, 0) is 19.3 Å². The lowest BCUT2D eigenvalue weighted by molar-refractivity contribution is -0.142. The highest BCUT2D eigenvalue weighted by Gasteiger charge is 2.16. The van der Waals surface area contributed by atoms with Crippen molar-refractivity contribution in [1.82, 2.24) is 0 Å². The van der Waals surface area contributed by atoms with Gasteiger partial charge in [0.25, 0.3) is 0 Å². The Morgan fingerprint density at radius 2 is 1.24 bits per heavy atom. The van der Waals surface area contributed by atoms with Gasteiger partial charge in [0, 0.05) is 6.42 Å². The summed E-state index contributed by atoms with van der Waals surface area (Å²) < 4.78 is 0. The second-order valence-corrected chi connectivity index (χ2v) is 5.94. The topological polar surface area (TPSA) is 74.6 Å². The van der Waals surface area contributed by atoms with Gasteiger partial charge in [0.15, 0.2) is 0 Å². The number of rotatable bonds is 15. The van der Waals surface area contributed by atoms with Crippen LogP contribution >= 0.6 is 0 Å². The third kappa shape index (κ3) is 13.7.